The molecule has 0 unspecified atom stereocenters. The first kappa shape index (κ1) is 14.4. The normalized spacial score (nSPS) is 16.8. The van der Waals surface area contributed by atoms with Gasteiger partial charge in [0.05, 0.1) is 6.54 Å². The van der Waals surface area contributed by atoms with Crippen molar-refractivity contribution in [2.75, 3.05) is 18.4 Å². The van der Waals surface area contributed by atoms with Gasteiger partial charge in [-0.1, -0.05) is 31.6 Å². The number of carbonyl (C=O) groups excluding carboxylic acids is 1. The quantitative estimate of drug-likeness (QED) is 0.901. The Kier molecular flexibility index (Phi) is 5.27. The van der Waals surface area contributed by atoms with Crippen molar-refractivity contribution in [1.29, 1.82) is 0 Å². The summed E-state index contributed by atoms with van der Waals surface area (Å²) < 4.78 is 0. The maximum atomic E-state index is 11.6. The molecule has 0 bridgehead atoms. The number of hydrogen-bond donors (Lipinski definition) is 1. The summed E-state index contributed by atoms with van der Waals surface area (Å²) in [5.74, 6) is 0.386. The van der Waals surface area contributed by atoms with E-state index in [0.29, 0.717) is 17.5 Å². The minimum Gasteiger partial charge on any atom is -0.301 e. The monoisotopic (exact) mass is 282 g/mol. The molecule has 0 radical (unpaired) electrons. The summed E-state index contributed by atoms with van der Waals surface area (Å²) in [6.07, 6.45) is 4.41. The minimum atomic E-state index is 0.0238. The number of anilines is 1. The Bertz CT molecular complexity index is 413. The third-order valence-electron chi connectivity index (χ3n) is 3.11. The summed E-state index contributed by atoms with van der Waals surface area (Å²) in [5.41, 5.74) is 0. The van der Waals surface area contributed by atoms with Crippen molar-refractivity contribution in [2.45, 2.75) is 46.1 Å². The molecule has 1 saturated heterocycles. The largest absolute Gasteiger partial charge is 0.301 e. The predicted octanol–water partition coefficient (Wildman–Crippen LogP) is 2.51. The van der Waals surface area contributed by atoms with Crippen LogP contribution in [0.1, 0.15) is 44.5 Å². The molecule has 0 atom stereocenters. The zero-order valence-corrected chi connectivity index (χ0v) is 12.5. The second-order valence-corrected chi connectivity index (χ2v) is 6.55. The first-order valence-electron chi connectivity index (χ1n) is 6.98. The fourth-order valence-electron chi connectivity index (χ4n) is 2.22. The van der Waals surface area contributed by atoms with Gasteiger partial charge in [0.15, 0.2) is 0 Å². The number of nitrogens with zero attached hydrogens (tertiary/aromatic N) is 3. The van der Waals surface area contributed by atoms with Gasteiger partial charge in [0.25, 0.3) is 0 Å². The standard InChI is InChI=1S/C13H22N4OS/c1-10(2)8-11(18)14-13-16-15-12(19-13)9-17-6-4-3-5-7-17/h10H,3-9H2,1-2H3,(H,14,16,18). The van der Waals surface area contributed by atoms with Crippen LogP contribution in [0.3, 0.4) is 0 Å². The molecule has 1 aromatic rings. The van der Waals surface area contributed by atoms with Crippen molar-refractivity contribution in [3.8, 4) is 0 Å². The van der Waals surface area contributed by atoms with Crippen LogP contribution in [0, 0.1) is 5.92 Å². The molecule has 1 aliphatic heterocycles. The number of carbonyl (C=O) groups is 1. The van der Waals surface area contributed by atoms with E-state index in [0.717, 1.165) is 24.6 Å². The molecule has 0 aromatic carbocycles. The van der Waals surface area contributed by atoms with Crippen LogP contribution in [0.5, 0.6) is 0 Å². The lowest BCUT2D eigenvalue weighted by Crippen LogP contribution is -2.28. The Labute approximate surface area is 118 Å². The predicted molar refractivity (Wildman–Crippen MR) is 77.1 cm³/mol. The number of nitrogens with one attached hydrogen (secondary N) is 1. The van der Waals surface area contributed by atoms with E-state index >= 15 is 0 Å². The molecule has 2 rings (SSSR count). The molecule has 0 aliphatic carbocycles. The van der Waals surface area contributed by atoms with Gasteiger partial charge in [-0.25, -0.2) is 0 Å². The molecule has 5 nitrogen and oxygen atoms in total. The topological polar surface area (TPSA) is 58.1 Å². The fourth-order valence-corrected chi connectivity index (χ4v) is 3.02. The van der Waals surface area contributed by atoms with Crippen LogP contribution in [0.2, 0.25) is 0 Å². The average Bonchev–Trinajstić information content (AvgIpc) is 2.76. The van der Waals surface area contributed by atoms with Gasteiger partial charge in [-0.2, -0.15) is 0 Å². The highest BCUT2D eigenvalue weighted by Crippen LogP contribution is 2.19. The zero-order valence-electron chi connectivity index (χ0n) is 11.7. The molecule has 1 N–H and O–H groups in total. The van der Waals surface area contributed by atoms with Crippen molar-refractivity contribution < 1.29 is 4.79 Å². The maximum Gasteiger partial charge on any atom is 0.226 e. The second-order valence-electron chi connectivity index (χ2n) is 5.48. The van der Waals surface area contributed by atoms with Crippen LogP contribution in [-0.2, 0) is 11.3 Å². The molecule has 1 amide bonds. The number of piperidine rings is 1. The van der Waals surface area contributed by atoms with E-state index in [9.17, 15) is 4.79 Å². The average molecular weight is 282 g/mol. The van der Waals surface area contributed by atoms with E-state index in [1.54, 1.807) is 0 Å². The van der Waals surface area contributed by atoms with Gasteiger partial charge in [-0.3, -0.25) is 9.69 Å². The Morgan fingerprint density at radius 3 is 2.74 bits per heavy atom. The molecular weight excluding hydrogens is 260 g/mol. The summed E-state index contributed by atoms with van der Waals surface area (Å²) in [6.45, 7) is 7.21. The van der Waals surface area contributed by atoms with E-state index in [4.69, 9.17) is 0 Å². The first-order chi connectivity index (χ1) is 9.13. The maximum absolute atomic E-state index is 11.6. The highest BCUT2D eigenvalue weighted by molar-refractivity contribution is 7.15. The van der Waals surface area contributed by atoms with Gasteiger partial charge in [0, 0.05) is 6.42 Å². The number of aromatic nitrogens is 2. The summed E-state index contributed by atoms with van der Waals surface area (Å²) >= 11 is 1.49. The third kappa shape index (κ3) is 4.87. The molecule has 1 aliphatic rings. The van der Waals surface area contributed by atoms with Gasteiger partial charge in [0.2, 0.25) is 11.0 Å². The van der Waals surface area contributed by atoms with Crippen molar-refractivity contribution in [3.63, 3.8) is 0 Å². The molecular formula is C13H22N4OS. The molecule has 1 aromatic heterocycles. The smallest absolute Gasteiger partial charge is 0.226 e. The van der Waals surface area contributed by atoms with Crippen LogP contribution in [-0.4, -0.2) is 34.1 Å². The second kappa shape index (κ2) is 6.96. The third-order valence-corrected chi connectivity index (χ3v) is 3.94. The van der Waals surface area contributed by atoms with Crippen molar-refractivity contribution >= 4 is 22.4 Å². The molecule has 0 spiro atoms. The van der Waals surface area contributed by atoms with Crippen molar-refractivity contribution in [2.24, 2.45) is 5.92 Å². The molecule has 1 fully saturated rings. The van der Waals surface area contributed by atoms with Crippen molar-refractivity contribution in [3.05, 3.63) is 5.01 Å². The molecule has 0 saturated carbocycles. The van der Waals surface area contributed by atoms with Crippen LogP contribution in [0.15, 0.2) is 0 Å². The van der Waals surface area contributed by atoms with E-state index < -0.39 is 0 Å². The van der Waals surface area contributed by atoms with Crippen molar-refractivity contribution in [1.82, 2.24) is 15.1 Å². The number of amides is 1. The van der Waals surface area contributed by atoms with Gasteiger partial charge < -0.3 is 5.32 Å². The van der Waals surface area contributed by atoms with E-state index in [-0.39, 0.29) is 5.91 Å². The zero-order chi connectivity index (χ0) is 13.7. The summed E-state index contributed by atoms with van der Waals surface area (Å²) in [5, 5.41) is 12.6. The Morgan fingerprint density at radius 1 is 1.32 bits per heavy atom. The minimum absolute atomic E-state index is 0.0238. The first-order valence-corrected chi connectivity index (χ1v) is 7.79. The van der Waals surface area contributed by atoms with Crippen LogP contribution in [0.4, 0.5) is 5.13 Å². The highest BCUT2D eigenvalue weighted by Gasteiger charge is 2.14. The molecule has 2 heterocycles. The molecule has 19 heavy (non-hydrogen) atoms. The van der Waals surface area contributed by atoms with E-state index in [2.05, 4.69) is 20.4 Å². The summed E-state index contributed by atoms with van der Waals surface area (Å²) in [4.78, 5) is 14.0. The number of rotatable bonds is 5. The Hall–Kier alpha value is -1.01. The van der Waals surface area contributed by atoms with Crippen LogP contribution in [0.25, 0.3) is 0 Å². The Balaban J connectivity index is 1.82. The Morgan fingerprint density at radius 2 is 2.05 bits per heavy atom. The SMILES string of the molecule is CC(C)CC(=O)Nc1nnc(CN2CCCCC2)s1. The fraction of sp³-hybridized carbons (Fsp3) is 0.769. The number of hydrogen-bond acceptors (Lipinski definition) is 5. The van der Waals surface area contributed by atoms with Gasteiger partial charge in [-0.05, 0) is 31.8 Å². The van der Waals surface area contributed by atoms with E-state index in [1.807, 2.05) is 13.8 Å². The molecule has 106 valence electrons. The summed E-state index contributed by atoms with van der Waals surface area (Å²) in [7, 11) is 0. The highest BCUT2D eigenvalue weighted by atomic mass is 32.1. The lowest BCUT2D eigenvalue weighted by molar-refractivity contribution is -0.116. The molecule has 6 heteroatoms. The lowest BCUT2D eigenvalue weighted by Gasteiger charge is -2.24. The van der Waals surface area contributed by atoms with Gasteiger partial charge in [0.1, 0.15) is 5.01 Å². The lowest BCUT2D eigenvalue weighted by atomic mass is 10.1. The van der Waals surface area contributed by atoms with Crippen LogP contribution < -0.4 is 5.32 Å². The number of likely N-dealkylation sites (tertiary alicyclic amines) is 1. The van der Waals surface area contributed by atoms with Gasteiger partial charge in [-0.15, -0.1) is 10.2 Å². The summed E-state index contributed by atoms with van der Waals surface area (Å²) in [6, 6.07) is 0. The van der Waals surface area contributed by atoms with E-state index in [1.165, 1.54) is 30.6 Å². The van der Waals surface area contributed by atoms with Gasteiger partial charge >= 0.3 is 0 Å². The van der Waals surface area contributed by atoms with Crippen LogP contribution >= 0.6 is 11.3 Å².